The molecule has 5 nitrogen and oxygen atoms in total. The maximum absolute atomic E-state index is 12.5. The van der Waals surface area contributed by atoms with Crippen molar-refractivity contribution < 1.29 is 20.1 Å². The van der Waals surface area contributed by atoms with Gasteiger partial charge in [0.25, 0.3) is 0 Å². The van der Waals surface area contributed by atoms with Gasteiger partial charge in [-0.05, 0) is 83.5 Å². The van der Waals surface area contributed by atoms with Gasteiger partial charge < -0.3 is 20.6 Å². The van der Waals surface area contributed by atoms with Crippen LogP contribution in [0.5, 0.6) is 0 Å². The maximum Gasteiger partial charge on any atom is 0.220 e. The van der Waals surface area contributed by atoms with Crippen molar-refractivity contribution in [2.45, 2.75) is 353 Å². The lowest BCUT2D eigenvalue weighted by Gasteiger charge is -2.26. The summed E-state index contributed by atoms with van der Waals surface area (Å²) in [6, 6.07) is -0.834. The number of amides is 1. The van der Waals surface area contributed by atoms with Crippen LogP contribution in [0.25, 0.3) is 0 Å². The number of hydrogen-bond acceptors (Lipinski definition) is 4. The summed E-state index contributed by atoms with van der Waals surface area (Å²) in [4.78, 5) is 12.5. The highest BCUT2D eigenvalue weighted by molar-refractivity contribution is 5.76. The number of unbranched alkanes of at least 4 members (excludes halogenated alkanes) is 42. The van der Waals surface area contributed by atoms with Gasteiger partial charge in [-0.25, -0.2) is 0 Å². The normalized spacial score (nSPS) is 13.5. The summed E-state index contributed by atoms with van der Waals surface area (Å²) in [5, 5.41) is 33.7. The largest absolute Gasteiger partial charge is 0.394 e. The molecule has 0 saturated heterocycles. The number of nitrogens with one attached hydrogen (secondary N) is 1. The van der Waals surface area contributed by atoms with Crippen molar-refractivity contribution in [2.75, 3.05) is 6.61 Å². The summed E-state index contributed by atoms with van der Waals surface area (Å²) in [5.41, 5.74) is 0. The number of hydrogen-bond donors (Lipinski definition) is 4. The number of rotatable bonds is 58. The fraction of sp³-hybridized carbons (Fsp3) is 0.862. The Labute approximate surface area is 437 Å². The highest BCUT2D eigenvalue weighted by Gasteiger charge is 2.26. The molecule has 1 amide bonds. The molecule has 412 valence electrons. The molecule has 0 heterocycles. The standard InChI is InChI=1S/C65H123NO4/c1-3-5-7-9-11-13-15-17-19-21-22-23-24-25-26-27-28-29-30-31-32-33-34-35-36-37-38-39-40-41-42-44-46-48-50-52-54-56-58-60-64(69)66-62(61-67)65(70)63(68)59-57-55-53-51-49-47-45-43-20-18-16-14-12-10-8-6-4-2/h28-29,31-32,43,45,51,53,62-63,65,67-68,70H,3-27,30,33-42,44,46-50,52,54-61H2,1-2H3,(H,66,69)/b29-28-,32-31-,45-43+,53-51+. The average Bonchev–Trinajstić information content (AvgIpc) is 3.36. The zero-order valence-corrected chi connectivity index (χ0v) is 47.2. The van der Waals surface area contributed by atoms with Crippen LogP contribution in [0.2, 0.25) is 0 Å². The van der Waals surface area contributed by atoms with Crippen molar-refractivity contribution in [3.05, 3.63) is 48.6 Å². The van der Waals surface area contributed by atoms with E-state index in [1.807, 2.05) is 0 Å². The fourth-order valence-electron chi connectivity index (χ4n) is 9.80. The maximum atomic E-state index is 12.5. The van der Waals surface area contributed by atoms with Crippen LogP contribution in [-0.2, 0) is 4.79 Å². The first-order valence-electron chi connectivity index (χ1n) is 31.4. The lowest BCUT2D eigenvalue weighted by atomic mass is 10.0. The molecule has 70 heavy (non-hydrogen) atoms. The van der Waals surface area contributed by atoms with Gasteiger partial charge in [0, 0.05) is 6.42 Å². The molecule has 0 aromatic heterocycles. The van der Waals surface area contributed by atoms with E-state index in [2.05, 4.69) is 67.8 Å². The molecule has 0 aromatic rings. The van der Waals surface area contributed by atoms with Crippen LogP contribution >= 0.6 is 0 Å². The Balaban J connectivity index is 3.50. The molecule has 3 atom stereocenters. The Kier molecular flexibility index (Phi) is 58.4. The molecule has 0 radical (unpaired) electrons. The second-order valence-electron chi connectivity index (χ2n) is 21.6. The predicted octanol–water partition coefficient (Wildman–Crippen LogP) is 20.0. The Bertz CT molecular complexity index is 1130. The molecule has 0 aromatic carbocycles. The van der Waals surface area contributed by atoms with Crippen molar-refractivity contribution in [3.8, 4) is 0 Å². The minimum Gasteiger partial charge on any atom is -0.394 e. The third kappa shape index (κ3) is 54.1. The smallest absolute Gasteiger partial charge is 0.220 e. The van der Waals surface area contributed by atoms with Crippen LogP contribution < -0.4 is 5.32 Å². The first kappa shape index (κ1) is 68.3. The highest BCUT2D eigenvalue weighted by atomic mass is 16.3. The summed E-state index contributed by atoms with van der Waals surface area (Å²) < 4.78 is 0. The van der Waals surface area contributed by atoms with Gasteiger partial charge in [-0.3, -0.25) is 4.79 Å². The van der Waals surface area contributed by atoms with Gasteiger partial charge in [0.1, 0.15) is 6.10 Å². The molecule has 0 fully saturated rings. The second-order valence-corrected chi connectivity index (χ2v) is 21.6. The van der Waals surface area contributed by atoms with Gasteiger partial charge in [-0.15, -0.1) is 0 Å². The minimum absolute atomic E-state index is 0.155. The molecule has 3 unspecified atom stereocenters. The van der Waals surface area contributed by atoms with E-state index in [1.54, 1.807) is 0 Å². The van der Waals surface area contributed by atoms with Crippen molar-refractivity contribution in [2.24, 2.45) is 0 Å². The second kappa shape index (κ2) is 59.9. The quantitative estimate of drug-likeness (QED) is 0.0361. The van der Waals surface area contributed by atoms with Gasteiger partial charge in [0.15, 0.2) is 0 Å². The van der Waals surface area contributed by atoms with Gasteiger partial charge in [-0.1, -0.05) is 294 Å². The first-order chi connectivity index (χ1) is 34.6. The Morgan fingerprint density at radius 2 is 0.629 bits per heavy atom. The molecule has 0 spiro atoms. The summed E-state index contributed by atoms with van der Waals surface area (Å²) in [7, 11) is 0. The topological polar surface area (TPSA) is 89.8 Å². The first-order valence-corrected chi connectivity index (χ1v) is 31.4. The van der Waals surface area contributed by atoms with E-state index in [-0.39, 0.29) is 12.5 Å². The van der Waals surface area contributed by atoms with Crippen molar-refractivity contribution in [1.82, 2.24) is 5.32 Å². The molecule has 0 aliphatic rings. The molecule has 0 saturated carbocycles. The molecule has 0 rings (SSSR count). The zero-order valence-electron chi connectivity index (χ0n) is 47.2. The lowest BCUT2D eigenvalue weighted by molar-refractivity contribution is -0.124. The van der Waals surface area contributed by atoms with E-state index in [0.717, 1.165) is 51.4 Å². The Morgan fingerprint density at radius 1 is 0.357 bits per heavy atom. The van der Waals surface area contributed by atoms with Crippen molar-refractivity contribution >= 4 is 5.91 Å². The number of carbonyl (C=O) groups excluding carboxylic acids is 1. The van der Waals surface area contributed by atoms with Crippen LogP contribution in [0.3, 0.4) is 0 Å². The van der Waals surface area contributed by atoms with Crippen LogP contribution in [0.1, 0.15) is 335 Å². The molecule has 0 aliphatic carbocycles. The van der Waals surface area contributed by atoms with Crippen molar-refractivity contribution in [1.29, 1.82) is 0 Å². The van der Waals surface area contributed by atoms with E-state index >= 15 is 0 Å². The van der Waals surface area contributed by atoms with E-state index in [4.69, 9.17) is 0 Å². The highest BCUT2D eigenvalue weighted by Crippen LogP contribution is 2.18. The summed E-state index contributed by atoms with van der Waals surface area (Å²) in [6.07, 6.45) is 80.2. The van der Waals surface area contributed by atoms with Gasteiger partial charge in [0.05, 0.1) is 18.8 Å². The summed E-state index contributed by atoms with van der Waals surface area (Å²) in [5.74, 6) is -0.155. The third-order valence-corrected chi connectivity index (χ3v) is 14.6. The van der Waals surface area contributed by atoms with Crippen molar-refractivity contribution in [3.63, 3.8) is 0 Å². The molecule has 4 N–H and O–H groups in total. The van der Waals surface area contributed by atoms with Crippen LogP contribution in [0.15, 0.2) is 48.6 Å². The van der Waals surface area contributed by atoms with Gasteiger partial charge in [0.2, 0.25) is 5.91 Å². The van der Waals surface area contributed by atoms with Crippen LogP contribution in [0, 0.1) is 0 Å². The molecule has 0 aliphatic heterocycles. The predicted molar refractivity (Wildman–Crippen MR) is 310 cm³/mol. The fourth-order valence-corrected chi connectivity index (χ4v) is 9.80. The number of allylic oxidation sites excluding steroid dienone is 8. The Hall–Kier alpha value is -1.69. The molecule has 0 bridgehead atoms. The van der Waals surface area contributed by atoms with E-state index in [1.165, 1.54) is 257 Å². The number of aliphatic hydroxyl groups excluding tert-OH is 3. The number of aliphatic hydroxyl groups is 3. The molecule has 5 heteroatoms. The van der Waals surface area contributed by atoms with Crippen LogP contribution in [0.4, 0.5) is 0 Å². The monoisotopic (exact) mass is 982 g/mol. The average molecular weight is 983 g/mol. The molecular formula is C65H123NO4. The number of carbonyl (C=O) groups is 1. The third-order valence-electron chi connectivity index (χ3n) is 14.6. The Morgan fingerprint density at radius 3 is 0.957 bits per heavy atom. The van der Waals surface area contributed by atoms with Gasteiger partial charge in [-0.2, -0.15) is 0 Å². The summed E-state index contributed by atoms with van der Waals surface area (Å²) in [6.45, 7) is 4.19. The van der Waals surface area contributed by atoms with Crippen LogP contribution in [-0.4, -0.2) is 46.1 Å². The van der Waals surface area contributed by atoms with E-state index in [9.17, 15) is 20.1 Å². The van der Waals surface area contributed by atoms with E-state index < -0.39 is 18.2 Å². The zero-order chi connectivity index (χ0) is 50.7. The lowest BCUT2D eigenvalue weighted by Crippen LogP contribution is -2.50. The SMILES string of the molecule is CCCCCCCCCC/C=C/CC/C=C/CCCC(O)C(O)C(CO)NC(=O)CCCCCCCCCCCCCCCCCCC/C=C\C/C=C\CCCCCCCCCCCCCCCCC. The van der Waals surface area contributed by atoms with E-state index in [0.29, 0.717) is 12.8 Å². The van der Waals surface area contributed by atoms with Gasteiger partial charge >= 0.3 is 0 Å². The summed E-state index contributed by atoms with van der Waals surface area (Å²) >= 11 is 0. The minimum atomic E-state index is -1.17. The molecular weight excluding hydrogens is 859 g/mol.